The fraction of sp³-hybridized carbons (Fsp3) is 0.417. The molecule has 1 heterocycles. The van der Waals surface area contributed by atoms with E-state index in [2.05, 4.69) is 15.9 Å². The van der Waals surface area contributed by atoms with Crippen LogP contribution in [0.5, 0.6) is 11.5 Å². The van der Waals surface area contributed by atoms with Crippen molar-refractivity contribution in [2.75, 3.05) is 25.7 Å². The second kappa shape index (κ2) is 5.36. The Morgan fingerprint density at radius 3 is 2.50 bits per heavy atom. The van der Waals surface area contributed by atoms with Gasteiger partial charge in [-0.05, 0) is 0 Å². The van der Waals surface area contributed by atoms with Crippen LogP contribution in [0, 0.1) is 0 Å². The number of carbonyl (C=O) groups is 1. The van der Waals surface area contributed by atoms with E-state index >= 15 is 0 Å². The van der Waals surface area contributed by atoms with Crippen LogP contribution in [0.2, 0.25) is 5.02 Å². The van der Waals surface area contributed by atoms with Gasteiger partial charge in [0.15, 0.2) is 0 Å². The number of benzene rings is 1. The van der Waals surface area contributed by atoms with E-state index in [1.807, 2.05) is 0 Å². The largest absolute Gasteiger partial charge is 0.495 e. The third-order valence-corrected chi connectivity index (χ3v) is 3.73. The normalized spacial score (nSPS) is 19.2. The summed E-state index contributed by atoms with van der Waals surface area (Å²) in [5.41, 5.74) is 0.686. The van der Waals surface area contributed by atoms with Crippen molar-refractivity contribution in [3.63, 3.8) is 0 Å². The molecular formula is C12H13BrClNO3. The van der Waals surface area contributed by atoms with Crippen molar-refractivity contribution in [3.8, 4) is 11.5 Å². The minimum Gasteiger partial charge on any atom is -0.495 e. The monoisotopic (exact) mass is 333 g/mol. The maximum atomic E-state index is 11.9. The van der Waals surface area contributed by atoms with Gasteiger partial charge in [-0.2, -0.15) is 0 Å². The van der Waals surface area contributed by atoms with Crippen LogP contribution in [0.15, 0.2) is 12.1 Å². The topological polar surface area (TPSA) is 38.8 Å². The Balaban J connectivity index is 2.45. The second-order valence-electron chi connectivity index (χ2n) is 3.96. The Labute approximate surface area is 119 Å². The van der Waals surface area contributed by atoms with Gasteiger partial charge in [-0.15, -0.1) is 0 Å². The summed E-state index contributed by atoms with van der Waals surface area (Å²) in [5.74, 6) is 1.15. The third kappa shape index (κ3) is 2.42. The molecule has 0 aliphatic carbocycles. The minimum absolute atomic E-state index is 0.0551. The molecule has 0 radical (unpaired) electrons. The SMILES string of the molecule is COc1cc(N2CC(Br)CC2=O)c(OC)cc1Cl. The summed E-state index contributed by atoms with van der Waals surface area (Å²) in [6, 6.07) is 3.38. The zero-order chi connectivity index (χ0) is 13.3. The number of ether oxygens (including phenoxy) is 2. The van der Waals surface area contributed by atoms with E-state index in [1.54, 1.807) is 24.1 Å². The molecule has 1 aliphatic rings. The predicted molar refractivity (Wildman–Crippen MR) is 74.2 cm³/mol. The van der Waals surface area contributed by atoms with Crippen molar-refractivity contribution >= 4 is 39.1 Å². The van der Waals surface area contributed by atoms with Gasteiger partial charge in [0.2, 0.25) is 5.91 Å². The number of anilines is 1. The van der Waals surface area contributed by atoms with Crippen LogP contribution < -0.4 is 14.4 Å². The number of rotatable bonds is 3. The molecule has 1 amide bonds. The molecule has 1 saturated heterocycles. The van der Waals surface area contributed by atoms with E-state index in [0.29, 0.717) is 35.2 Å². The Bertz CT molecular complexity index is 481. The highest BCUT2D eigenvalue weighted by Crippen LogP contribution is 2.40. The van der Waals surface area contributed by atoms with Crippen LogP contribution in [-0.2, 0) is 4.79 Å². The third-order valence-electron chi connectivity index (χ3n) is 2.82. The lowest BCUT2D eigenvalue weighted by molar-refractivity contribution is -0.117. The summed E-state index contributed by atoms with van der Waals surface area (Å²) in [7, 11) is 3.09. The molecule has 1 aliphatic heterocycles. The summed E-state index contributed by atoms with van der Waals surface area (Å²) < 4.78 is 10.4. The van der Waals surface area contributed by atoms with E-state index in [1.165, 1.54) is 7.11 Å². The Hall–Kier alpha value is -0.940. The predicted octanol–water partition coefficient (Wildman–Crippen LogP) is 2.86. The molecule has 4 nitrogen and oxygen atoms in total. The number of halogens is 2. The summed E-state index contributed by atoms with van der Waals surface area (Å²) in [6.07, 6.45) is 0.480. The summed E-state index contributed by atoms with van der Waals surface area (Å²) in [5, 5.41) is 0.458. The van der Waals surface area contributed by atoms with E-state index in [0.717, 1.165) is 0 Å². The average Bonchev–Trinajstić information content (AvgIpc) is 2.68. The van der Waals surface area contributed by atoms with Gasteiger partial charge in [0.25, 0.3) is 0 Å². The standard InChI is InChI=1S/C12H13BrClNO3/c1-17-10-5-9(11(18-2)4-8(10)14)15-6-7(13)3-12(15)16/h4-5,7H,3,6H2,1-2H3. The number of hydrogen-bond donors (Lipinski definition) is 0. The highest BCUT2D eigenvalue weighted by atomic mass is 79.9. The van der Waals surface area contributed by atoms with Crippen LogP contribution in [0.4, 0.5) is 5.69 Å². The maximum Gasteiger partial charge on any atom is 0.228 e. The zero-order valence-corrected chi connectivity index (χ0v) is 12.4. The lowest BCUT2D eigenvalue weighted by atomic mass is 10.2. The molecular weight excluding hydrogens is 321 g/mol. The average molecular weight is 335 g/mol. The quantitative estimate of drug-likeness (QED) is 0.798. The van der Waals surface area contributed by atoms with Gasteiger partial charge < -0.3 is 14.4 Å². The van der Waals surface area contributed by atoms with Crippen molar-refractivity contribution < 1.29 is 14.3 Å². The number of nitrogens with zero attached hydrogens (tertiary/aromatic N) is 1. The fourth-order valence-corrected chi connectivity index (χ4v) is 2.75. The highest BCUT2D eigenvalue weighted by Gasteiger charge is 2.31. The van der Waals surface area contributed by atoms with Gasteiger partial charge in [-0.1, -0.05) is 27.5 Å². The van der Waals surface area contributed by atoms with E-state index in [4.69, 9.17) is 21.1 Å². The van der Waals surface area contributed by atoms with Gasteiger partial charge in [-0.25, -0.2) is 0 Å². The van der Waals surface area contributed by atoms with Crippen LogP contribution in [0.3, 0.4) is 0 Å². The van der Waals surface area contributed by atoms with Crippen LogP contribution in [-0.4, -0.2) is 31.5 Å². The first-order valence-electron chi connectivity index (χ1n) is 5.42. The summed E-state index contributed by atoms with van der Waals surface area (Å²) in [6.45, 7) is 0.611. The molecule has 0 N–H and O–H groups in total. The summed E-state index contributed by atoms with van der Waals surface area (Å²) >= 11 is 9.49. The van der Waals surface area contributed by atoms with E-state index < -0.39 is 0 Å². The van der Waals surface area contributed by atoms with E-state index in [9.17, 15) is 4.79 Å². The number of methoxy groups -OCH3 is 2. The van der Waals surface area contributed by atoms with Gasteiger partial charge >= 0.3 is 0 Å². The molecule has 0 saturated carbocycles. The molecule has 98 valence electrons. The van der Waals surface area contributed by atoms with Crippen molar-refractivity contribution in [3.05, 3.63) is 17.2 Å². The second-order valence-corrected chi connectivity index (χ2v) is 5.67. The molecule has 2 rings (SSSR count). The molecule has 0 bridgehead atoms. The van der Waals surface area contributed by atoms with Crippen LogP contribution in [0.1, 0.15) is 6.42 Å². The minimum atomic E-state index is 0.0551. The smallest absolute Gasteiger partial charge is 0.228 e. The fourth-order valence-electron chi connectivity index (χ4n) is 1.95. The van der Waals surface area contributed by atoms with Gasteiger partial charge in [0, 0.05) is 29.9 Å². The van der Waals surface area contributed by atoms with Crippen LogP contribution >= 0.6 is 27.5 Å². The van der Waals surface area contributed by atoms with Crippen molar-refractivity contribution in [2.24, 2.45) is 0 Å². The van der Waals surface area contributed by atoms with Gasteiger partial charge in [0.1, 0.15) is 11.5 Å². The zero-order valence-electron chi connectivity index (χ0n) is 10.1. The first-order valence-corrected chi connectivity index (χ1v) is 6.72. The summed E-state index contributed by atoms with van der Waals surface area (Å²) in [4.78, 5) is 13.7. The molecule has 1 atom stereocenters. The lowest BCUT2D eigenvalue weighted by Crippen LogP contribution is -2.25. The molecule has 0 aromatic heterocycles. The van der Waals surface area contributed by atoms with Crippen molar-refractivity contribution in [2.45, 2.75) is 11.2 Å². The van der Waals surface area contributed by atoms with Gasteiger partial charge in [-0.3, -0.25) is 4.79 Å². The molecule has 1 fully saturated rings. The number of amides is 1. The molecule has 1 unspecified atom stereocenters. The molecule has 18 heavy (non-hydrogen) atoms. The lowest BCUT2D eigenvalue weighted by Gasteiger charge is -2.20. The molecule has 0 spiro atoms. The highest BCUT2D eigenvalue weighted by molar-refractivity contribution is 9.09. The Kier molecular flexibility index (Phi) is 4.02. The Morgan fingerprint density at radius 1 is 1.33 bits per heavy atom. The van der Waals surface area contributed by atoms with Crippen molar-refractivity contribution in [1.82, 2.24) is 0 Å². The van der Waals surface area contributed by atoms with Crippen molar-refractivity contribution in [1.29, 1.82) is 0 Å². The molecule has 6 heteroatoms. The first kappa shape index (κ1) is 13.5. The van der Waals surface area contributed by atoms with Crippen LogP contribution in [0.25, 0.3) is 0 Å². The van der Waals surface area contributed by atoms with Gasteiger partial charge in [0.05, 0.1) is 24.9 Å². The number of alkyl halides is 1. The maximum absolute atomic E-state index is 11.9. The first-order chi connectivity index (χ1) is 8.56. The number of hydrogen-bond acceptors (Lipinski definition) is 3. The number of carbonyl (C=O) groups excluding carboxylic acids is 1. The molecule has 1 aromatic carbocycles. The Morgan fingerprint density at radius 2 is 2.00 bits per heavy atom. The molecule has 1 aromatic rings. The van der Waals surface area contributed by atoms with E-state index in [-0.39, 0.29) is 10.7 Å².